The maximum Gasteiger partial charge on any atom is 0.317 e. The summed E-state index contributed by atoms with van der Waals surface area (Å²) in [6, 6.07) is 3.63. The zero-order valence-corrected chi connectivity index (χ0v) is 11.5. The minimum Gasteiger partial charge on any atom is -0.481 e. The average molecular weight is 270 g/mol. The van der Waals surface area contributed by atoms with Crippen LogP contribution >= 0.6 is 11.3 Å². The molecule has 1 heterocycles. The number of carboxylic acid groups (broad SMARTS) is 1. The van der Waals surface area contributed by atoms with E-state index >= 15 is 0 Å². The van der Waals surface area contributed by atoms with Crippen molar-refractivity contribution in [3.05, 3.63) is 22.4 Å². The lowest BCUT2D eigenvalue weighted by Gasteiger charge is -2.24. The van der Waals surface area contributed by atoms with Crippen molar-refractivity contribution in [3.8, 4) is 0 Å². The lowest BCUT2D eigenvalue weighted by molar-refractivity contribution is -0.140. The molecule has 1 aromatic rings. The second-order valence-electron chi connectivity index (χ2n) is 4.23. The number of hydrogen-bond donors (Lipinski definition) is 2. The van der Waals surface area contributed by atoms with Gasteiger partial charge in [-0.1, -0.05) is 13.0 Å². The summed E-state index contributed by atoms with van der Waals surface area (Å²) in [7, 11) is 1.70. The number of thiophene rings is 1. The van der Waals surface area contributed by atoms with Crippen molar-refractivity contribution in [1.82, 2.24) is 10.2 Å². The monoisotopic (exact) mass is 270 g/mol. The van der Waals surface area contributed by atoms with E-state index in [1.165, 1.54) is 0 Å². The average Bonchev–Trinajstić information content (AvgIpc) is 2.87. The largest absolute Gasteiger partial charge is 0.481 e. The molecular weight excluding hydrogens is 252 g/mol. The van der Waals surface area contributed by atoms with Gasteiger partial charge in [0.05, 0.1) is 12.0 Å². The van der Waals surface area contributed by atoms with Crippen molar-refractivity contribution < 1.29 is 14.7 Å². The Morgan fingerprint density at radius 1 is 1.50 bits per heavy atom. The van der Waals surface area contributed by atoms with Gasteiger partial charge in [0.25, 0.3) is 0 Å². The number of hydrogen-bond acceptors (Lipinski definition) is 3. The van der Waals surface area contributed by atoms with Crippen LogP contribution in [0.4, 0.5) is 4.79 Å². The van der Waals surface area contributed by atoms with E-state index in [9.17, 15) is 9.59 Å². The third-order valence-corrected chi connectivity index (χ3v) is 3.88. The lowest BCUT2D eigenvalue weighted by Crippen LogP contribution is -2.41. The molecule has 18 heavy (non-hydrogen) atoms. The van der Waals surface area contributed by atoms with E-state index in [2.05, 4.69) is 5.32 Å². The Kier molecular flexibility index (Phi) is 5.15. The van der Waals surface area contributed by atoms with E-state index in [0.717, 1.165) is 4.88 Å². The molecule has 0 aliphatic heterocycles. The molecule has 0 fully saturated rings. The van der Waals surface area contributed by atoms with Crippen LogP contribution in [0.2, 0.25) is 0 Å². The number of amides is 2. The molecule has 2 N–H and O–H groups in total. The highest BCUT2D eigenvalue weighted by molar-refractivity contribution is 7.10. The van der Waals surface area contributed by atoms with Crippen LogP contribution in [0.5, 0.6) is 0 Å². The molecular formula is C12H18N2O3S. The Bertz CT molecular complexity index is 405. The van der Waals surface area contributed by atoms with Crippen molar-refractivity contribution in [3.63, 3.8) is 0 Å². The van der Waals surface area contributed by atoms with E-state index in [1.807, 2.05) is 24.4 Å². The van der Waals surface area contributed by atoms with E-state index < -0.39 is 11.9 Å². The molecule has 6 heteroatoms. The number of urea groups is 1. The van der Waals surface area contributed by atoms with Crippen molar-refractivity contribution in [2.75, 3.05) is 13.6 Å². The zero-order chi connectivity index (χ0) is 13.7. The number of aliphatic carboxylic acids is 1. The molecule has 2 atom stereocenters. The smallest absolute Gasteiger partial charge is 0.317 e. The molecule has 0 aromatic carbocycles. The molecule has 1 aromatic heterocycles. The summed E-state index contributed by atoms with van der Waals surface area (Å²) in [5.74, 6) is -1.50. The van der Waals surface area contributed by atoms with Gasteiger partial charge in [0.1, 0.15) is 0 Å². The highest BCUT2D eigenvalue weighted by Gasteiger charge is 2.19. The Morgan fingerprint density at radius 3 is 2.67 bits per heavy atom. The summed E-state index contributed by atoms with van der Waals surface area (Å²) < 4.78 is 0. The Hall–Kier alpha value is -1.56. The number of nitrogens with zero attached hydrogens (tertiary/aromatic N) is 1. The van der Waals surface area contributed by atoms with Gasteiger partial charge in [-0.25, -0.2) is 4.79 Å². The number of carboxylic acids is 1. The van der Waals surface area contributed by atoms with Crippen LogP contribution in [0.15, 0.2) is 17.5 Å². The number of nitrogens with one attached hydrogen (secondary N) is 1. The quantitative estimate of drug-likeness (QED) is 0.861. The van der Waals surface area contributed by atoms with Crippen molar-refractivity contribution >= 4 is 23.3 Å². The summed E-state index contributed by atoms with van der Waals surface area (Å²) in [6.45, 7) is 3.63. The van der Waals surface area contributed by atoms with Crippen LogP contribution in [-0.2, 0) is 4.79 Å². The maximum atomic E-state index is 11.8. The molecule has 2 amide bonds. The van der Waals surface area contributed by atoms with E-state index in [0.29, 0.717) is 0 Å². The van der Waals surface area contributed by atoms with Crippen LogP contribution < -0.4 is 5.32 Å². The van der Waals surface area contributed by atoms with Gasteiger partial charge in [0, 0.05) is 18.5 Å². The zero-order valence-electron chi connectivity index (χ0n) is 10.7. The normalized spacial score (nSPS) is 13.7. The molecule has 100 valence electrons. The first-order chi connectivity index (χ1) is 8.43. The van der Waals surface area contributed by atoms with Crippen LogP contribution in [0.25, 0.3) is 0 Å². The topological polar surface area (TPSA) is 69.6 Å². The molecule has 0 bridgehead atoms. The second kappa shape index (κ2) is 6.39. The summed E-state index contributed by atoms with van der Waals surface area (Å²) in [5.41, 5.74) is 0. The fourth-order valence-electron chi connectivity index (χ4n) is 1.35. The van der Waals surface area contributed by atoms with Crippen LogP contribution in [0.1, 0.15) is 24.8 Å². The maximum absolute atomic E-state index is 11.8. The van der Waals surface area contributed by atoms with Crippen LogP contribution in [0.3, 0.4) is 0 Å². The molecule has 0 saturated carbocycles. The third-order valence-electron chi connectivity index (χ3n) is 2.84. The van der Waals surface area contributed by atoms with Crippen LogP contribution in [-0.4, -0.2) is 35.6 Å². The molecule has 2 unspecified atom stereocenters. The summed E-state index contributed by atoms with van der Waals surface area (Å²) in [4.78, 5) is 25.1. The molecule has 0 radical (unpaired) electrons. The minimum atomic E-state index is -0.913. The second-order valence-corrected chi connectivity index (χ2v) is 5.21. The van der Waals surface area contributed by atoms with Crippen LogP contribution in [0, 0.1) is 5.92 Å². The van der Waals surface area contributed by atoms with Gasteiger partial charge in [-0.15, -0.1) is 11.3 Å². The SMILES string of the molecule is CC(CNC(=O)N(C)C(C)c1cccs1)C(=O)O. The van der Waals surface area contributed by atoms with E-state index in [4.69, 9.17) is 5.11 Å². The number of rotatable bonds is 5. The van der Waals surface area contributed by atoms with Gasteiger partial charge in [-0.2, -0.15) is 0 Å². The van der Waals surface area contributed by atoms with Gasteiger partial charge >= 0.3 is 12.0 Å². The predicted octanol–water partition coefficient (Wildman–Crippen LogP) is 2.17. The predicted molar refractivity (Wildman–Crippen MR) is 70.7 cm³/mol. The standard InChI is InChI=1S/C12H18N2O3S/c1-8(11(15)16)7-13-12(17)14(3)9(2)10-5-4-6-18-10/h4-6,8-9H,7H2,1-3H3,(H,13,17)(H,15,16). The lowest BCUT2D eigenvalue weighted by atomic mass is 10.2. The summed E-state index contributed by atoms with van der Waals surface area (Å²) in [5, 5.41) is 13.3. The Balaban J connectivity index is 2.49. The first-order valence-corrected chi connectivity index (χ1v) is 6.58. The Labute approximate surface area is 110 Å². The molecule has 0 aliphatic carbocycles. The molecule has 0 saturated heterocycles. The fraction of sp³-hybridized carbons (Fsp3) is 0.500. The van der Waals surface area contributed by atoms with Crippen molar-refractivity contribution in [2.24, 2.45) is 5.92 Å². The first-order valence-electron chi connectivity index (χ1n) is 5.70. The minimum absolute atomic E-state index is 0.0230. The number of carbonyl (C=O) groups is 2. The van der Waals surface area contributed by atoms with Gasteiger partial charge in [0.2, 0.25) is 0 Å². The van der Waals surface area contributed by atoms with Crippen molar-refractivity contribution in [1.29, 1.82) is 0 Å². The third kappa shape index (κ3) is 3.73. The fourth-order valence-corrected chi connectivity index (χ4v) is 2.17. The van der Waals surface area contributed by atoms with Gasteiger partial charge in [-0.3, -0.25) is 4.79 Å². The molecule has 0 aliphatic rings. The van der Waals surface area contributed by atoms with Gasteiger partial charge in [-0.05, 0) is 18.4 Å². The first kappa shape index (κ1) is 14.5. The van der Waals surface area contributed by atoms with E-state index in [-0.39, 0.29) is 18.6 Å². The highest BCUT2D eigenvalue weighted by Crippen LogP contribution is 2.23. The summed E-state index contributed by atoms with van der Waals surface area (Å²) in [6.07, 6.45) is 0. The van der Waals surface area contributed by atoms with E-state index in [1.54, 1.807) is 30.2 Å². The number of carbonyl (C=O) groups excluding carboxylic acids is 1. The molecule has 0 spiro atoms. The van der Waals surface area contributed by atoms with Crippen molar-refractivity contribution in [2.45, 2.75) is 19.9 Å². The highest BCUT2D eigenvalue weighted by atomic mass is 32.1. The molecule has 5 nitrogen and oxygen atoms in total. The van der Waals surface area contributed by atoms with Gasteiger partial charge < -0.3 is 15.3 Å². The Morgan fingerprint density at radius 2 is 2.17 bits per heavy atom. The molecule has 1 rings (SSSR count). The van der Waals surface area contributed by atoms with Gasteiger partial charge in [0.15, 0.2) is 0 Å². The summed E-state index contributed by atoms with van der Waals surface area (Å²) >= 11 is 1.59.